The molecule has 0 aliphatic heterocycles. The van der Waals surface area contributed by atoms with Crippen molar-refractivity contribution in [2.75, 3.05) is 0 Å². The lowest BCUT2D eigenvalue weighted by Crippen LogP contribution is -2.28. The predicted molar refractivity (Wildman–Crippen MR) is 137 cm³/mol. The predicted octanol–water partition coefficient (Wildman–Crippen LogP) is 6.24. The highest BCUT2D eigenvalue weighted by atomic mass is 19.4. The number of aromatic nitrogens is 2. The molecule has 1 aromatic carbocycles. The normalized spacial score (nSPS) is 13.4. The molecule has 3 aromatic rings. The Kier molecular flexibility index (Phi) is 7.94. The van der Waals surface area contributed by atoms with Crippen LogP contribution in [0.2, 0.25) is 0 Å². The highest BCUT2D eigenvalue weighted by Crippen LogP contribution is 2.43. The molecule has 2 heterocycles. The minimum atomic E-state index is -5.75. The summed E-state index contributed by atoms with van der Waals surface area (Å²) in [6.45, 7) is 15.8. The second-order valence-corrected chi connectivity index (χ2v) is 9.81. The first-order chi connectivity index (χ1) is 22.5. The first kappa shape index (κ1) is 33.1. The summed E-state index contributed by atoms with van der Waals surface area (Å²) in [6.07, 6.45) is -7.84. The molecule has 0 fully saturated rings. The molecule has 2 aromatic heterocycles. The quantitative estimate of drug-likeness (QED) is 0.142. The van der Waals surface area contributed by atoms with Crippen LogP contribution in [0.1, 0.15) is 18.1 Å². The molecule has 0 amide bonds. The number of halogens is 11. The minimum Gasteiger partial charge on any atom is -0.405 e. The maximum Gasteiger partial charge on any atom is 0.573 e. The summed E-state index contributed by atoms with van der Waals surface area (Å²) in [5.41, 5.74) is -10.2. The van der Waals surface area contributed by atoms with Crippen molar-refractivity contribution in [2.24, 2.45) is 0 Å². The van der Waals surface area contributed by atoms with Gasteiger partial charge in [-0.3, -0.25) is 0 Å². The fourth-order valence-corrected chi connectivity index (χ4v) is 5.70. The lowest BCUT2D eigenvalue weighted by atomic mass is 9.86. The third-order valence-electron chi connectivity index (χ3n) is 7.46. The molecule has 7 nitrogen and oxygen atoms in total. The molecular formula is C30H7F11N6O. The van der Waals surface area contributed by atoms with E-state index in [2.05, 4.69) is 24.4 Å². The van der Waals surface area contributed by atoms with Crippen molar-refractivity contribution in [2.45, 2.75) is 26.1 Å². The second kappa shape index (κ2) is 11.5. The van der Waals surface area contributed by atoms with Gasteiger partial charge in [-0.25, -0.2) is 17.6 Å². The van der Waals surface area contributed by atoms with Crippen LogP contribution in [0.15, 0.2) is 22.5 Å². The summed E-state index contributed by atoms with van der Waals surface area (Å²) in [6, 6.07) is 2.53. The van der Waals surface area contributed by atoms with Crippen molar-refractivity contribution in [3.05, 3.63) is 114 Å². The number of benzene rings is 1. The molecule has 0 saturated carbocycles. The molecule has 2 aliphatic carbocycles. The van der Waals surface area contributed by atoms with Crippen LogP contribution in [0.4, 0.5) is 48.3 Å². The van der Waals surface area contributed by atoms with Crippen LogP contribution in [0, 0.1) is 82.9 Å². The van der Waals surface area contributed by atoms with E-state index in [1.165, 1.54) is 12.1 Å². The summed E-state index contributed by atoms with van der Waals surface area (Å²) < 4.78 is 166. The van der Waals surface area contributed by atoms with Gasteiger partial charge in [0.25, 0.3) is 23.8 Å². The first-order valence-electron chi connectivity index (χ1n) is 12.6. The molecule has 0 radical (unpaired) electrons. The second-order valence-electron chi connectivity index (χ2n) is 9.81. The van der Waals surface area contributed by atoms with Crippen molar-refractivity contribution in [3.63, 3.8) is 0 Å². The van der Waals surface area contributed by atoms with Crippen LogP contribution in [-0.4, -0.2) is 16.3 Å². The molecule has 0 spiro atoms. The SMILES string of the molecule is [C-]#[N+]C([N+]#[C-])=C1Cc2c(-c3c(F)c(F)nc(F)c3F)c3c(c(-c4c(F)c(F)nc(F)c4F)c2=C1C)CC(=C(C#N)C#N)C=3OC(F)(F)F. The molecule has 0 saturated heterocycles. The van der Waals surface area contributed by atoms with Crippen LogP contribution in [0.3, 0.4) is 0 Å². The third kappa shape index (κ3) is 4.86. The maximum atomic E-state index is 15.5. The Labute approximate surface area is 259 Å². The average molecular weight is 676 g/mol. The monoisotopic (exact) mass is 676 g/mol. The van der Waals surface area contributed by atoms with Crippen molar-refractivity contribution in [1.29, 1.82) is 10.5 Å². The number of pyridine rings is 2. The number of hydrogen-bond donors (Lipinski definition) is 0. The summed E-state index contributed by atoms with van der Waals surface area (Å²) >= 11 is 0. The molecule has 240 valence electrons. The third-order valence-corrected chi connectivity index (χ3v) is 7.46. The smallest absolute Gasteiger partial charge is 0.405 e. The lowest BCUT2D eigenvalue weighted by Gasteiger charge is -2.18. The van der Waals surface area contributed by atoms with E-state index >= 15 is 17.6 Å². The van der Waals surface area contributed by atoms with Crippen molar-refractivity contribution < 1.29 is 53.0 Å². The zero-order valence-corrected chi connectivity index (χ0v) is 23.2. The molecule has 5 rings (SSSR count). The van der Waals surface area contributed by atoms with Gasteiger partial charge in [-0.15, -0.1) is 13.2 Å². The van der Waals surface area contributed by atoms with Gasteiger partial charge in [0, 0.05) is 22.8 Å². The van der Waals surface area contributed by atoms with Crippen molar-refractivity contribution in [3.8, 4) is 34.4 Å². The van der Waals surface area contributed by atoms with E-state index in [0.29, 0.717) is 0 Å². The summed E-state index contributed by atoms with van der Waals surface area (Å²) in [5.74, 6) is -20.6. The van der Waals surface area contributed by atoms with Gasteiger partial charge in [0.05, 0.1) is 16.7 Å². The highest BCUT2D eigenvalue weighted by molar-refractivity contribution is 5.91. The molecular weight excluding hydrogens is 669 g/mol. The Morgan fingerprint density at radius 1 is 0.688 bits per heavy atom. The zero-order valence-electron chi connectivity index (χ0n) is 23.2. The molecule has 48 heavy (non-hydrogen) atoms. The van der Waals surface area contributed by atoms with Gasteiger partial charge in [0.2, 0.25) is 0 Å². The van der Waals surface area contributed by atoms with Crippen molar-refractivity contribution in [1.82, 2.24) is 9.97 Å². The Morgan fingerprint density at radius 3 is 1.48 bits per heavy atom. The molecule has 18 heteroatoms. The number of fused-ring (bicyclic) bond motifs is 2. The maximum absolute atomic E-state index is 15.5. The number of nitriles is 2. The van der Waals surface area contributed by atoms with E-state index in [9.17, 15) is 41.3 Å². The van der Waals surface area contributed by atoms with E-state index in [1.54, 1.807) is 0 Å². The standard InChI is InChI=1S/C30H7F11N6O/c1-8-10(29(44-2)45-3)4-12-14(8)15(18-20(31)25(35)46-26(36)21(18)32)13-5-11(9(6-42)7-43)24(48-30(39,40)41)17(13)16(12)19-22(33)27(37)47-28(38)23(19)34/h4-5H2,1H3. The van der Waals surface area contributed by atoms with Gasteiger partial charge in [-0.05, 0) is 40.8 Å². The molecule has 0 bridgehead atoms. The van der Waals surface area contributed by atoms with E-state index in [0.717, 1.165) is 6.92 Å². The van der Waals surface area contributed by atoms with E-state index in [-0.39, 0.29) is 11.1 Å². The van der Waals surface area contributed by atoms with Crippen molar-refractivity contribution >= 4 is 11.3 Å². The van der Waals surface area contributed by atoms with E-state index in [4.69, 9.17) is 13.1 Å². The van der Waals surface area contributed by atoms with Gasteiger partial charge < -0.3 is 4.74 Å². The summed E-state index contributed by atoms with van der Waals surface area (Å²) in [4.78, 5) is 10.8. The average Bonchev–Trinajstić information content (AvgIpc) is 3.54. The van der Waals surface area contributed by atoms with Gasteiger partial charge in [0.15, 0.2) is 23.3 Å². The number of alkyl halides is 3. The number of allylic oxidation sites excluding steroid dienone is 2. The molecule has 2 aliphatic rings. The number of hydrogen-bond acceptors (Lipinski definition) is 5. The molecule has 0 N–H and O–H groups in total. The largest absolute Gasteiger partial charge is 0.573 e. The Balaban J connectivity index is 2.28. The van der Waals surface area contributed by atoms with E-state index in [1.807, 2.05) is 0 Å². The highest BCUT2D eigenvalue weighted by Gasteiger charge is 2.42. The minimum absolute atomic E-state index is 0.338. The Hall–Kier alpha value is -6.27. The van der Waals surface area contributed by atoms with Crippen LogP contribution in [0.5, 0.6) is 0 Å². The number of nitrogens with zero attached hydrogens (tertiary/aromatic N) is 6. The van der Waals surface area contributed by atoms with Gasteiger partial charge in [-0.1, -0.05) is 0 Å². The van der Waals surface area contributed by atoms with Gasteiger partial charge >= 0.3 is 12.2 Å². The van der Waals surface area contributed by atoms with Crippen LogP contribution in [0.25, 0.3) is 43.3 Å². The number of rotatable bonds is 3. The molecule has 0 unspecified atom stereocenters. The Morgan fingerprint density at radius 2 is 1.08 bits per heavy atom. The summed E-state index contributed by atoms with van der Waals surface area (Å²) in [5, 5.41) is 17.1. The Bertz CT molecular complexity index is 2320. The number of ether oxygens (including phenoxy) is 1. The zero-order chi connectivity index (χ0) is 35.6. The van der Waals surface area contributed by atoms with Gasteiger partial charge in [-0.2, -0.15) is 47.7 Å². The summed E-state index contributed by atoms with van der Waals surface area (Å²) in [7, 11) is 0. The van der Waals surface area contributed by atoms with Crippen LogP contribution in [-0.2, 0) is 17.6 Å². The fraction of sp³-hybridized carbons (Fsp3) is 0.133. The fourth-order valence-electron chi connectivity index (χ4n) is 5.70. The topological polar surface area (TPSA) is 91.3 Å². The van der Waals surface area contributed by atoms with Gasteiger partial charge in [0.1, 0.15) is 36.6 Å². The molecule has 0 atom stereocenters. The lowest BCUT2D eigenvalue weighted by molar-refractivity contribution is -0.290. The van der Waals surface area contributed by atoms with Crippen LogP contribution < -0.4 is 10.4 Å². The van der Waals surface area contributed by atoms with Crippen LogP contribution >= 0.6 is 0 Å². The first-order valence-corrected chi connectivity index (χ1v) is 12.6. The van der Waals surface area contributed by atoms with E-state index < -0.39 is 133 Å².